The molecule has 2 nitrogen and oxygen atoms in total. The molecule has 0 saturated carbocycles. The fourth-order valence-electron chi connectivity index (χ4n) is 3.35. The molecule has 2 N–H and O–H groups in total. The van der Waals surface area contributed by atoms with E-state index in [1.165, 1.54) is 22.3 Å². The van der Waals surface area contributed by atoms with Crippen LogP contribution in [0, 0.1) is 6.92 Å². The minimum absolute atomic E-state index is 0.116. The van der Waals surface area contributed by atoms with E-state index >= 15 is 0 Å². The zero-order valence-electron chi connectivity index (χ0n) is 15.2. The van der Waals surface area contributed by atoms with Crippen molar-refractivity contribution in [3.63, 3.8) is 0 Å². The molecule has 26 heavy (non-hydrogen) atoms. The van der Waals surface area contributed by atoms with Gasteiger partial charge < -0.3 is 10.6 Å². The van der Waals surface area contributed by atoms with Crippen molar-refractivity contribution in [3.05, 3.63) is 83.4 Å². The minimum atomic E-state index is -0.368. The second kappa shape index (κ2) is 7.77. The van der Waals surface area contributed by atoms with Crippen LogP contribution in [0.15, 0.2) is 72.3 Å². The van der Waals surface area contributed by atoms with Crippen molar-refractivity contribution >= 4 is 44.5 Å². The summed E-state index contributed by atoms with van der Waals surface area (Å²) in [5.74, 6) is 0. The molecule has 0 aliphatic heterocycles. The highest BCUT2D eigenvalue weighted by Gasteiger charge is 2.39. The van der Waals surface area contributed by atoms with Gasteiger partial charge in [0, 0.05) is 5.69 Å². The predicted molar refractivity (Wildman–Crippen MR) is 120 cm³/mol. The maximum absolute atomic E-state index is 5.61. The molecule has 0 spiro atoms. The summed E-state index contributed by atoms with van der Waals surface area (Å²) >= 11 is 9.45. The summed E-state index contributed by atoms with van der Waals surface area (Å²) in [6.45, 7) is 6.45. The predicted octanol–water partition coefficient (Wildman–Crippen LogP) is 5.85. The van der Waals surface area contributed by atoms with Crippen LogP contribution in [-0.2, 0) is 0 Å². The molecule has 0 heterocycles. The minimum Gasteiger partial charge on any atom is -0.352 e. The Hall–Kier alpha value is -1.91. The zero-order valence-corrected chi connectivity index (χ0v) is 17.6. The largest absolute Gasteiger partial charge is 0.352 e. The van der Waals surface area contributed by atoms with Gasteiger partial charge in [-0.1, -0.05) is 76.1 Å². The number of halogens is 1. The van der Waals surface area contributed by atoms with Crippen LogP contribution >= 0.6 is 28.1 Å². The number of benzene rings is 2. The zero-order chi connectivity index (χ0) is 18.7. The van der Waals surface area contributed by atoms with E-state index in [-0.39, 0.29) is 10.4 Å². The van der Waals surface area contributed by atoms with Gasteiger partial charge in [-0.3, -0.25) is 0 Å². The molecule has 3 rings (SSSR count). The first-order valence-corrected chi connectivity index (χ1v) is 9.97. The SMILES string of the molecule is CC1=C(c2ccc(C)cc2)C(C)(NC(=S)Nc2ccccc2)C(Br)C=C1. The molecule has 0 bridgehead atoms. The maximum atomic E-state index is 5.61. The van der Waals surface area contributed by atoms with Gasteiger partial charge in [0.1, 0.15) is 0 Å². The van der Waals surface area contributed by atoms with Crippen molar-refractivity contribution in [2.24, 2.45) is 0 Å². The van der Waals surface area contributed by atoms with E-state index in [2.05, 4.69) is 83.8 Å². The summed E-state index contributed by atoms with van der Waals surface area (Å²) in [6, 6.07) is 18.6. The molecule has 2 unspecified atom stereocenters. The molecule has 1 aliphatic carbocycles. The number of allylic oxidation sites excluding steroid dienone is 2. The lowest BCUT2D eigenvalue weighted by Crippen LogP contribution is -2.54. The lowest BCUT2D eigenvalue weighted by molar-refractivity contribution is 0.558. The second-order valence-corrected chi connectivity index (χ2v) is 8.23. The van der Waals surface area contributed by atoms with Gasteiger partial charge in [-0.25, -0.2) is 0 Å². The smallest absolute Gasteiger partial charge is 0.171 e. The summed E-state index contributed by atoms with van der Waals surface area (Å²) < 4.78 is 0. The first-order valence-electron chi connectivity index (χ1n) is 8.65. The van der Waals surface area contributed by atoms with Crippen molar-refractivity contribution < 1.29 is 0 Å². The highest BCUT2D eigenvalue weighted by atomic mass is 79.9. The molecule has 2 atom stereocenters. The summed E-state index contributed by atoms with van der Waals surface area (Å²) in [4.78, 5) is 0.116. The first kappa shape index (κ1) is 18.9. The van der Waals surface area contributed by atoms with E-state index in [4.69, 9.17) is 12.2 Å². The maximum Gasteiger partial charge on any atom is 0.171 e. The van der Waals surface area contributed by atoms with Gasteiger partial charge in [0.2, 0.25) is 0 Å². The molecule has 4 heteroatoms. The van der Waals surface area contributed by atoms with Crippen LogP contribution in [0.2, 0.25) is 0 Å². The van der Waals surface area contributed by atoms with Crippen molar-refractivity contribution in [2.75, 3.05) is 5.32 Å². The molecule has 0 radical (unpaired) electrons. The Bertz CT molecular complexity index is 855. The summed E-state index contributed by atoms with van der Waals surface area (Å²) in [7, 11) is 0. The van der Waals surface area contributed by atoms with Crippen LogP contribution in [0.1, 0.15) is 25.0 Å². The van der Waals surface area contributed by atoms with Crippen LogP contribution in [0.25, 0.3) is 5.57 Å². The third-order valence-corrected chi connectivity index (χ3v) is 6.15. The molecule has 0 aromatic heterocycles. The molecule has 1 aliphatic rings. The molecule has 0 fully saturated rings. The molecular weight excluding hydrogens is 404 g/mol. The summed E-state index contributed by atoms with van der Waals surface area (Å²) in [5.41, 5.74) is 5.56. The Morgan fingerprint density at radius 2 is 1.69 bits per heavy atom. The Morgan fingerprint density at radius 1 is 1.04 bits per heavy atom. The fourth-order valence-corrected chi connectivity index (χ4v) is 4.18. The number of anilines is 1. The number of thiocarbonyl (C=S) groups is 1. The number of para-hydroxylation sites is 1. The van der Waals surface area contributed by atoms with Crippen LogP contribution < -0.4 is 10.6 Å². The van der Waals surface area contributed by atoms with Gasteiger partial charge in [-0.15, -0.1) is 0 Å². The van der Waals surface area contributed by atoms with E-state index in [9.17, 15) is 0 Å². The van der Waals surface area contributed by atoms with E-state index < -0.39 is 0 Å². The fraction of sp³-hybridized carbons (Fsp3) is 0.227. The average molecular weight is 427 g/mol. The van der Waals surface area contributed by atoms with Gasteiger partial charge in [0.15, 0.2) is 5.11 Å². The van der Waals surface area contributed by atoms with Gasteiger partial charge in [-0.05, 0) is 61.8 Å². The Kier molecular flexibility index (Phi) is 5.64. The molecule has 2 aromatic rings. The topological polar surface area (TPSA) is 24.1 Å². The van der Waals surface area contributed by atoms with Crippen molar-refractivity contribution in [1.82, 2.24) is 5.32 Å². The molecule has 0 amide bonds. The Labute approximate surface area is 169 Å². The Balaban J connectivity index is 1.92. The number of aryl methyl sites for hydroxylation is 1. The Morgan fingerprint density at radius 3 is 2.35 bits per heavy atom. The summed E-state index contributed by atoms with van der Waals surface area (Å²) in [5, 5.41) is 7.44. The van der Waals surface area contributed by atoms with Gasteiger partial charge in [-0.2, -0.15) is 0 Å². The third kappa shape index (κ3) is 3.92. The van der Waals surface area contributed by atoms with Crippen LogP contribution in [0.4, 0.5) is 5.69 Å². The number of nitrogens with one attached hydrogen (secondary N) is 2. The van der Waals surface area contributed by atoms with E-state index in [0.29, 0.717) is 5.11 Å². The monoisotopic (exact) mass is 426 g/mol. The van der Waals surface area contributed by atoms with Crippen molar-refractivity contribution in [2.45, 2.75) is 31.1 Å². The van der Waals surface area contributed by atoms with Crippen LogP contribution in [0.3, 0.4) is 0 Å². The number of hydrogen-bond acceptors (Lipinski definition) is 1. The number of rotatable bonds is 3. The third-order valence-electron chi connectivity index (χ3n) is 4.73. The van der Waals surface area contributed by atoms with Crippen LogP contribution in [0.5, 0.6) is 0 Å². The number of alkyl halides is 1. The molecule has 134 valence electrons. The standard InChI is InChI=1S/C22H23BrN2S/c1-15-9-12-17(13-10-15)20-16(2)11-14-19(23)22(20,3)25-21(26)24-18-7-5-4-6-8-18/h4-14,19H,1-3H3,(H2,24,25,26). The van der Waals surface area contributed by atoms with Gasteiger partial charge >= 0.3 is 0 Å². The van der Waals surface area contributed by atoms with E-state index in [1.54, 1.807) is 0 Å². The average Bonchev–Trinajstić information content (AvgIpc) is 2.61. The second-order valence-electron chi connectivity index (χ2n) is 6.83. The van der Waals surface area contributed by atoms with Gasteiger partial charge in [0.05, 0.1) is 10.4 Å². The highest BCUT2D eigenvalue weighted by molar-refractivity contribution is 9.09. The van der Waals surface area contributed by atoms with E-state index in [0.717, 1.165) is 5.69 Å². The lowest BCUT2D eigenvalue weighted by atomic mass is 9.77. The highest BCUT2D eigenvalue weighted by Crippen LogP contribution is 2.40. The van der Waals surface area contributed by atoms with E-state index in [1.807, 2.05) is 30.3 Å². The molecule has 0 saturated heterocycles. The summed E-state index contributed by atoms with van der Waals surface area (Å²) in [6.07, 6.45) is 4.34. The normalized spacial score (nSPS) is 22.2. The first-order chi connectivity index (χ1) is 12.4. The molecular formula is C22H23BrN2S. The van der Waals surface area contributed by atoms with Gasteiger partial charge in [0.25, 0.3) is 0 Å². The lowest BCUT2D eigenvalue weighted by Gasteiger charge is -2.41. The van der Waals surface area contributed by atoms with Crippen LogP contribution in [-0.4, -0.2) is 15.5 Å². The van der Waals surface area contributed by atoms with Crippen molar-refractivity contribution in [3.8, 4) is 0 Å². The molecule has 2 aromatic carbocycles. The van der Waals surface area contributed by atoms with Crippen molar-refractivity contribution in [1.29, 1.82) is 0 Å². The number of hydrogen-bond donors (Lipinski definition) is 2. The quantitative estimate of drug-likeness (QED) is 0.475.